The largest absolute Gasteiger partial charge is 0.497 e. The summed E-state index contributed by atoms with van der Waals surface area (Å²) in [5.74, 6) is 2.21. The minimum absolute atomic E-state index is 0.0104. The van der Waals surface area contributed by atoms with E-state index in [1.165, 1.54) is 0 Å². The third-order valence-corrected chi connectivity index (χ3v) is 4.97. The van der Waals surface area contributed by atoms with Gasteiger partial charge in [0, 0.05) is 16.6 Å². The number of nitrogens with two attached hydrogens (primary N) is 1. The Morgan fingerprint density at radius 1 is 0.857 bits per heavy atom. The van der Waals surface area contributed by atoms with Gasteiger partial charge in [-0.05, 0) is 53.6 Å². The van der Waals surface area contributed by atoms with Crippen LogP contribution in [0.15, 0.2) is 66.7 Å². The molecule has 28 heavy (non-hydrogen) atoms. The van der Waals surface area contributed by atoms with Crippen LogP contribution in [-0.2, 0) is 6.61 Å². The van der Waals surface area contributed by atoms with E-state index in [0.717, 1.165) is 44.8 Å². The lowest BCUT2D eigenvalue weighted by molar-refractivity contribution is 0.282. The predicted molar refractivity (Wildman–Crippen MR) is 112 cm³/mol. The van der Waals surface area contributed by atoms with E-state index in [-0.39, 0.29) is 6.61 Å². The van der Waals surface area contributed by atoms with Crippen LogP contribution in [0.4, 0.5) is 5.82 Å². The first-order valence-electron chi connectivity index (χ1n) is 8.98. The molecule has 3 N–H and O–H groups in total. The molecule has 0 aliphatic rings. The molecule has 0 radical (unpaired) electrons. The maximum Gasteiger partial charge on any atom is 0.119 e. The number of aliphatic hydroxyl groups excluding tert-OH is 1. The predicted octanol–water partition coefficient (Wildman–Crippen LogP) is 4.39. The van der Waals surface area contributed by atoms with E-state index in [1.54, 1.807) is 14.2 Å². The zero-order chi connectivity index (χ0) is 19.7. The van der Waals surface area contributed by atoms with E-state index >= 15 is 0 Å². The Kier molecular flexibility index (Phi) is 4.67. The van der Waals surface area contributed by atoms with Gasteiger partial charge in [0.2, 0.25) is 0 Å². The average molecular weight is 374 g/mol. The lowest BCUT2D eigenvalue weighted by Gasteiger charge is -2.10. The molecule has 1 heterocycles. The van der Waals surface area contributed by atoms with Gasteiger partial charge in [-0.2, -0.15) is 0 Å². The van der Waals surface area contributed by atoms with Crippen molar-refractivity contribution in [1.29, 1.82) is 0 Å². The molecule has 142 valence electrons. The summed E-state index contributed by atoms with van der Waals surface area (Å²) in [5, 5.41) is 10.3. The molecule has 0 unspecified atom stereocenters. The van der Waals surface area contributed by atoms with Crippen LogP contribution in [0.1, 0.15) is 5.56 Å². The fourth-order valence-corrected chi connectivity index (χ4v) is 3.51. The maximum absolute atomic E-state index is 9.32. The highest BCUT2D eigenvalue weighted by atomic mass is 16.5. The van der Waals surface area contributed by atoms with Gasteiger partial charge in [-0.25, -0.2) is 0 Å². The van der Waals surface area contributed by atoms with Crippen LogP contribution in [0.5, 0.6) is 11.5 Å². The molecule has 3 aromatic carbocycles. The number of aliphatic hydroxyl groups is 1. The quantitative estimate of drug-likeness (QED) is 0.544. The number of nitrogens with zero attached hydrogens (tertiary/aromatic N) is 1. The lowest BCUT2D eigenvalue weighted by Crippen LogP contribution is -2.01. The molecule has 4 aromatic rings. The van der Waals surface area contributed by atoms with Crippen molar-refractivity contribution in [3.8, 4) is 28.3 Å². The first-order chi connectivity index (χ1) is 13.7. The summed E-state index contributed by atoms with van der Waals surface area (Å²) >= 11 is 0. The van der Waals surface area contributed by atoms with Crippen LogP contribution >= 0.6 is 0 Å². The van der Waals surface area contributed by atoms with Crippen molar-refractivity contribution in [2.24, 2.45) is 0 Å². The van der Waals surface area contributed by atoms with Gasteiger partial charge in [-0.15, -0.1) is 0 Å². The number of hydrogen-bond donors (Lipinski definition) is 2. The van der Waals surface area contributed by atoms with E-state index < -0.39 is 0 Å². The van der Waals surface area contributed by atoms with Crippen molar-refractivity contribution >= 4 is 16.7 Å². The molecular weight excluding hydrogens is 352 g/mol. The third kappa shape index (κ3) is 2.96. The minimum Gasteiger partial charge on any atom is -0.497 e. The summed E-state index contributed by atoms with van der Waals surface area (Å²) in [7, 11) is 3.30. The summed E-state index contributed by atoms with van der Waals surface area (Å²) in [5.41, 5.74) is 11.4. The number of hydrogen-bond acceptors (Lipinski definition) is 4. The normalized spacial score (nSPS) is 11.0. The molecule has 0 amide bonds. The Hall–Kier alpha value is -3.44. The van der Waals surface area contributed by atoms with Crippen molar-refractivity contribution in [2.75, 3.05) is 20.0 Å². The van der Waals surface area contributed by atoms with Gasteiger partial charge in [0.15, 0.2) is 0 Å². The fourth-order valence-electron chi connectivity index (χ4n) is 3.51. The molecule has 0 aliphatic heterocycles. The number of aromatic nitrogens is 1. The zero-order valence-electron chi connectivity index (χ0n) is 15.8. The Bertz CT molecular complexity index is 1110. The second kappa shape index (κ2) is 7.29. The second-order valence-corrected chi connectivity index (χ2v) is 6.53. The fraction of sp³-hybridized carbons (Fsp3) is 0.130. The molecular formula is C23H22N2O3. The molecule has 5 heteroatoms. The van der Waals surface area contributed by atoms with Crippen molar-refractivity contribution in [3.05, 3.63) is 72.3 Å². The third-order valence-electron chi connectivity index (χ3n) is 4.97. The monoisotopic (exact) mass is 374 g/mol. The molecule has 0 saturated carbocycles. The van der Waals surface area contributed by atoms with Gasteiger partial charge >= 0.3 is 0 Å². The molecule has 0 spiro atoms. The van der Waals surface area contributed by atoms with Gasteiger partial charge in [0.05, 0.1) is 26.3 Å². The van der Waals surface area contributed by atoms with E-state index in [4.69, 9.17) is 15.2 Å². The topological polar surface area (TPSA) is 69.6 Å². The van der Waals surface area contributed by atoms with E-state index in [2.05, 4.69) is 0 Å². The number of methoxy groups -OCH3 is 2. The standard InChI is InChI=1S/C23H22N2O3/c1-27-18-9-5-16(6-10-18)22-20-13-19(28-2)11-12-21(20)25(23(22)24)17-7-3-15(14-26)4-8-17/h3-13,26H,14,24H2,1-2H3. The Morgan fingerprint density at radius 3 is 2.11 bits per heavy atom. The summed E-state index contributed by atoms with van der Waals surface area (Å²) in [6.45, 7) is 0.0104. The smallest absolute Gasteiger partial charge is 0.119 e. The highest BCUT2D eigenvalue weighted by molar-refractivity contribution is 6.04. The Labute approximate surface area is 163 Å². The molecule has 0 bridgehead atoms. The summed E-state index contributed by atoms with van der Waals surface area (Å²) < 4.78 is 12.7. The maximum atomic E-state index is 9.32. The molecule has 5 nitrogen and oxygen atoms in total. The lowest BCUT2D eigenvalue weighted by atomic mass is 10.0. The summed E-state index contributed by atoms with van der Waals surface area (Å²) in [4.78, 5) is 0. The molecule has 1 aromatic heterocycles. The van der Waals surface area contributed by atoms with Crippen LogP contribution in [-0.4, -0.2) is 23.9 Å². The number of ether oxygens (including phenoxy) is 2. The zero-order valence-corrected chi connectivity index (χ0v) is 15.8. The SMILES string of the molecule is COc1ccc(-c2c(N)n(-c3ccc(CO)cc3)c3ccc(OC)cc23)cc1. The minimum atomic E-state index is 0.0104. The van der Waals surface area contributed by atoms with Gasteiger partial charge in [0.1, 0.15) is 17.3 Å². The Morgan fingerprint density at radius 2 is 1.50 bits per heavy atom. The van der Waals surface area contributed by atoms with Crippen molar-refractivity contribution in [2.45, 2.75) is 6.61 Å². The van der Waals surface area contributed by atoms with Gasteiger partial charge in [-0.3, -0.25) is 4.57 Å². The number of rotatable bonds is 5. The summed E-state index contributed by atoms with van der Waals surface area (Å²) in [6, 6.07) is 21.5. The molecule has 4 rings (SSSR count). The molecule has 0 saturated heterocycles. The first kappa shape index (κ1) is 17.9. The highest BCUT2D eigenvalue weighted by Gasteiger charge is 2.18. The van der Waals surface area contributed by atoms with Gasteiger partial charge in [0.25, 0.3) is 0 Å². The van der Waals surface area contributed by atoms with Crippen LogP contribution < -0.4 is 15.2 Å². The second-order valence-electron chi connectivity index (χ2n) is 6.53. The van der Waals surface area contributed by atoms with Gasteiger partial charge < -0.3 is 20.3 Å². The van der Waals surface area contributed by atoms with Crippen LogP contribution in [0.2, 0.25) is 0 Å². The van der Waals surface area contributed by atoms with Gasteiger partial charge in [-0.1, -0.05) is 24.3 Å². The number of nitrogen functional groups attached to an aromatic ring is 1. The van der Waals surface area contributed by atoms with Crippen LogP contribution in [0, 0.1) is 0 Å². The molecule has 0 aliphatic carbocycles. The van der Waals surface area contributed by atoms with Crippen molar-refractivity contribution in [1.82, 2.24) is 4.57 Å². The number of fused-ring (bicyclic) bond motifs is 1. The van der Waals surface area contributed by atoms with E-state index in [1.807, 2.05) is 71.3 Å². The van der Waals surface area contributed by atoms with Crippen LogP contribution in [0.25, 0.3) is 27.7 Å². The average Bonchev–Trinajstić information content (AvgIpc) is 3.04. The summed E-state index contributed by atoms with van der Waals surface area (Å²) in [6.07, 6.45) is 0. The number of anilines is 1. The van der Waals surface area contributed by atoms with E-state index in [9.17, 15) is 5.11 Å². The molecule has 0 atom stereocenters. The first-order valence-corrected chi connectivity index (χ1v) is 8.98. The van der Waals surface area contributed by atoms with E-state index in [0.29, 0.717) is 5.82 Å². The van der Waals surface area contributed by atoms with Crippen LogP contribution in [0.3, 0.4) is 0 Å². The number of benzene rings is 3. The Balaban J connectivity index is 1.98. The highest BCUT2D eigenvalue weighted by Crippen LogP contribution is 2.40. The van der Waals surface area contributed by atoms with Crippen molar-refractivity contribution < 1.29 is 14.6 Å². The molecule has 0 fully saturated rings. The van der Waals surface area contributed by atoms with Crippen molar-refractivity contribution in [3.63, 3.8) is 0 Å².